The fourth-order valence-electron chi connectivity index (χ4n) is 4.58. The Labute approximate surface area is 209 Å². The van der Waals surface area contributed by atoms with Crippen molar-refractivity contribution in [3.05, 3.63) is 87.9 Å². The van der Waals surface area contributed by atoms with Crippen LogP contribution in [0.3, 0.4) is 0 Å². The molecule has 2 aromatic carbocycles. The van der Waals surface area contributed by atoms with Crippen LogP contribution in [-0.2, 0) is 22.4 Å². The molecule has 1 aliphatic carbocycles. The molecule has 3 aromatic rings. The maximum atomic E-state index is 13.6. The van der Waals surface area contributed by atoms with E-state index < -0.39 is 0 Å². The molecular weight excluding hydrogens is 463 g/mol. The van der Waals surface area contributed by atoms with Crippen LogP contribution >= 0.6 is 11.3 Å². The molecule has 1 saturated carbocycles. The third-order valence-electron chi connectivity index (χ3n) is 6.69. The molecule has 1 atom stereocenters. The van der Waals surface area contributed by atoms with Gasteiger partial charge < -0.3 is 14.5 Å². The smallest absolute Gasteiger partial charge is 0.242 e. The monoisotopic (exact) mass is 492 g/mol. The van der Waals surface area contributed by atoms with E-state index in [4.69, 9.17) is 4.74 Å². The highest BCUT2D eigenvalue weighted by molar-refractivity contribution is 7.10. The number of halogens is 1. The van der Waals surface area contributed by atoms with Gasteiger partial charge >= 0.3 is 0 Å². The zero-order valence-electron chi connectivity index (χ0n) is 19.6. The molecule has 1 aliphatic heterocycles. The second kappa shape index (κ2) is 10.6. The van der Waals surface area contributed by atoms with Gasteiger partial charge in [0.05, 0.1) is 19.0 Å². The van der Waals surface area contributed by atoms with Crippen molar-refractivity contribution >= 4 is 23.2 Å². The summed E-state index contributed by atoms with van der Waals surface area (Å²) in [5.41, 5.74) is 2.05. The van der Waals surface area contributed by atoms with E-state index in [1.807, 2.05) is 40.6 Å². The Kier molecular flexibility index (Phi) is 7.13. The number of ether oxygens (including phenoxy) is 1. The average Bonchev–Trinajstić information content (AvgIpc) is 3.56. The largest absolute Gasteiger partial charge is 0.491 e. The van der Waals surface area contributed by atoms with Crippen molar-refractivity contribution in [3.8, 4) is 5.75 Å². The Morgan fingerprint density at radius 1 is 1.06 bits per heavy atom. The van der Waals surface area contributed by atoms with Crippen LogP contribution in [0.25, 0.3) is 0 Å². The lowest BCUT2D eigenvalue weighted by Gasteiger charge is -2.37. The first-order chi connectivity index (χ1) is 17.1. The zero-order valence-corrected chi connectivity index (χ0v) is 20.4. The third-order valence-corrected chi connectivity index (χ3v) is 7.69. The Balaban J connectivity index is 1.30. The minimum Gasteiger partial charge on any atom is -0.491 e. The minimum atomic E-state index is -0.317. The van der Waals surface area contributed by atoms with Gasteiger partial charge in [-0.15, -0.1) is 11.3 Å². The molecule has 2 heterocycles. The summed E-state index contributed by atoms with van der Waals surface area (Å²) in [7, 11) is 0. The molecule has 1 aromatic heterocycles. The Morgan fingerprint density at radius 3 is 2.57 bits per heavy atom. The number of hydrogen-bond acceptors (Lipinski definition) is 4. The number of rotatable bonds is 9. The number of carbonyl (C=O) groups excluding carboxylic acids is 2. The first kappa shape index (κ1) is 23.5. The van der Waals surface area contributed by atoms with E-state index in [9.17, 15) is 14.0 Å². The highest BCUT2D eigenvalue weighted by Gasteiger charge is 2.35. The lowest BCUT2D eigenvalue weighted by molar-refractivity contribution is -0.142. The number of nitrogens with zero attached hydrogens (tertiary/aromatic N) is 2. The van der Waals surface area contributed by atoms with Gasteiger partial charge in [0, 0.05) is 18.0 Å². The minimum absolute atomic E-state index is 0.0104. The van der Waals surface area contributed by atoms with Crippen LogP contribution in [0.1, 0.15) is 34.9 Å². The summed E-state index contributed by atoms with van der Waals surface area (Å²) in [5.74, 6) is 0.669. The highest BCUT2D eigenvalue weighted by Crippen LogP contribution is 2.34. The summed E-state index contributed by atoms with van der Waals surface area (Å²) in [6.07, 6.45) is 3.32. The number of hydrogen-bond donors (Lipinski definition) is 0. The molecule has 1 unspecified atom stereocenters. The number of benzene rings is 2. The van der Waals surface area contributed by atoms with E-state index in [2.05, 4.69) is 6.07 Å². The van der Waals surface area contributed by atoms with Gasteiger partial charge in [-0.3, -0.25) is 9.59 Å². The normalized spacial score (nSPS) is 17.1. The zero-order chi connectivity index (χ0) is 24.2. The van der Waals surface area contributed by atoms with Crippen LogP contribution in [0.4, 0.5) is 4.39 Å². The van der Waals surface area contributed by atoms with Crippen molar-refractivity contribution in [2.75, 3.05) is 26.2 Å². The summed E-state index contributed by atoms with van der Waals surface area (Å²) in [4.78, 5) is 31.6. The fraction of sp³-hybridized carbons (Fsp3) is 0.357. The Bertz CT molecular complexity index is 1160. The van der Waals surface area contributed by atoms with E-state index in [1.165, 1.54) is 17.0 Å². The molecule has 0 saturated heterocycles. The van der Waals surface area contributed by atoms with Crippen LogP contribution in [0.5, 0.6) is 5.75 Å². The van der Waals surface area contributed by atoms with E-state index in [-0.39, 0.29) is 36.8 Å². The number of fused-ring (bicyclic) bond motifs is 1. The SMILES string of the molecule is O=C(Cc1ccccc1)N(CC(=O)N1CCc2sccc2C1COc1ccc(F)cc1)CC1CC1. The lowest BCUT2D eigenvalue weighted by Crippen LogP contribution is -2.48. The molecule has 35 heavy (non-hydrogen) atoms. The van der Waals surface area contributed by atoms with Gasteiger partial charge in [0.2, 0.25) is 11.8 Å². The molecule has 0 radical (unpaired) electrons. The van der Waals surface area contributed by atoms with E-state index in [0.29, 0.717) is 31.2 Å². The van der Waals surface area contributed by atoms with Gasteiger partial charge in [0.25, 0.3) is 0 Å². The molecule has 0 N–H and O–H groups in total. The number of thiophene rings is 1. The quantitative estimate of drug-likeness (QED) is 0.428. The number of amides is 2. The maximum Gasteiger partial charge on any atom is 0.242 e. The van der Waals surface area contributed by atoms with Crippen molar-refractivity contribution in [2.24, 2.45) is 5.92 Å². The van der Waals surface area contributed by atoms with Gasteiger partial charge in [0.1, 0.15) is 18.2 Å². The van der Waals surface area contributed by atoms with Crippen molar-refractivity contribution in [2.45, 2.75) is 31.7 Å². The third kappa shape index (κ3) is 5.90. The molecule has 2 amide bonds. The molecule has 182 valence electrons. The van der Waals surface area contributed by atoms with Gasteiger partial charge in [-0.2, -0.15) is 0 Å². The molecule has 1 fully saturated rings. The number of carbonyl (C=O) groups is 2. The standard InChI is InChI=1S/C28H29FN2O3S/c29-22-8-10-23(11-9-22)34-19-25-24-13-15-35-26(24)12-14-31(25)28(33)18-30(17-21-6-7-21)27(32)16-20-4-2-1-3-5-20/h1-5,8-11,13,15,21,25H,6-7,12,14,16-19H2. The summed E-state index contributed by atoms with van der Waals surface area (Å²) < 4.78 is 19.3. The Morgan fingerprint density at radius 2 is 1.83 bits per heavy atom. The first-order valence-corrected chi connectivity index (χ1v) is 13.0. The Hall–Kier alpha value is -3.19. The fourth-order valence-corrected chi connectivity index (χ4v) is 5.51. The molecule has 7 heteroatoms. The summed E-state index contributed by atoms with van der Waals surface area (Å²) in [6.45, 7) is 1.58. The topological polar surface area (TPSA) is 49.9 Å². The van der Waals surface area contributed by atoms with Gasteiger partial charge in [0.15, 0.2) is 0 Å². The highest BCUT2D eigenvalue weighted by atomic mass is 32.1. The predicted octanol–water partition coefficient (Wildman–Crippen LogP) is 4.87. The maximum absolute atomic E-state index is 13.6. The summed E-state index contributed by atoms with van der Waals surface area (Å²) in [5, 5.41) is 2.05. The van der Waals surface area contributed by atoms with Crippen molar-refractivity contribution < 1.29 is 18.7 Å². The van der Waals surface area contributed by atoms with Crippen molar-refractivity contribution in [1.29, 1.82) is 0 Å². The summed E-state index contributed by atoms with van der Waals surface area (Å²) >= 11 is 1.70. The van der Waals surface area contributed by atoms with Crippen molar-refractivity contribution in [1.82, 2.24) is 9.80 Å². The molecule has 5 nitrogen and oxygen atoms in total. The van der Waals surface area contributed by atoms with E-state index >= 15 is 0 Å². The second-order valence-electron chi connectivity index (χ2n) is 9.30. The van der Waals surface area contributed by atoms with Gasteiger partial charge in [-0.1, -0.05) is 30.3 Å². The molecule has 5 rings (SSSR count). The lowest BCUT2D eigenvalue weighted by atomic mass is 10.0. The van der Waals surface area contributed by atoms with Crippen LogP contribution in [0.2, 0.25) is 0 Å². The van der Waals surface area contributed by atoms with Crippen LogP contribution in [-0.4, -0.2) is 47.9 Å². The average molecular weight is 493 g/mol. The molecule has 0 spiro atoms. The summed E-state index contributed by atoms with van der Waals surface area (Å²) in [6, 6.07) is 17.4. The van der Waals surface area contributed by atoms with Crippen LogP contribution in [0.15, 0.2) is 66.0 Å². The second-order valence-corrected chi connectivity index (χ2v) is 10.3. The van der Waals surface area contributed by atoms with E-state index in [1.54, 1.807) is 28.4 Å². The van der Waals surface area contributed by atoms with Crippen molar-refractivity contribution in [3.63, 3.8) is 0 Å². The predicted molar refractivity (Wildman–Crippen MR) is 134 cm³/mol. The molecule has 2 aliphatic rings. The van der Waals surface area contributed by atoms with Crippen LogP contribution < -0.4 is 4.74 Å². The van der Waals surface area contributed by atoms with E-state index in [0.717, 1.165) is 30.4 Å². The van der Waals surface area contributed by atoms with Gasteiger partial charge in [-0.05, 0) is 72.0 Å². The first-order valence-electron chi connectivity index (χ1n) is 12.1. The molecular formula is C28H29FN2O3S. The van der Waals surface area contributed by atoms with Crippen LogP contribution in [0, 0.1) is 11.7 Å². The van der Waals surface area contributed by atoms with Gasteiger partial charge in [-0.25, -0.2) is 4.39 Å². The molecule has 0 bridgehead atoms.